The second-order valence-electron chi connectivity index (χ2n) is 5.00. The maximum Gasteiger partial charge on any atom is 0.303 e. The quantitative estimate of drug-likeness (QED) is 0.791. The van der Waals surface area contributed by atoms with Crippen LogP contribution in [0.25, 0.3) is 0 Å². The van der Waals surface area contributed by atoms with Gasteiger partial charge < -0.3 is 10.8 Å². The first kappa shape index (κ1) is 18.8. The van der Waals surface area contributed by atoms with Gasteiger partial charge in [-0.2, -0.15) is 0 Å². The molecule has 0 radical (unpaired) electrons. The van der Waals surface area contributed by atoms with Crippen molar-refractivity contribution in [2.24, 2.45) is 11.1 Å². The topological polar surface area (TPSA) is 63.3 Å². The van der Waals surface area contributed by atoms with E-state index in [4.69, 9.17) is 10.8 Å². The third-order valence-electron chi connectivity index (χ3n) is 2.85. The van der Waals surface area contributed by atoms with Crippen LogP contribution in [0.15, 0.2) is 0 Å². The highest BCUT2D eigenvalue weighted by atomic mass is 16.4. The molecule has 0 aromatic carbocycles. The molecule has 1 aliphatic carbocycles. The lowest BCUT2D eigenvalue weighted by atomic mass is 9.68. The standard InChI is InChI=1S/C7H12O2.C5H12.C2H7N/c1-7(3-2-4-7)5-6(8)9;1-3-5-4-2;1-2-3/h2-5H2,1H3,(H,8,9);3-5H2,1-2H3;2-3H2,1H3. The van der Waals surface area contributed by atoms with E-state index in [-0.39, 0.29) is 5.41 Å². The van der Waals surface area contributed by atoms with Gasteiger partial charge in [0.25, 0.3) is 0 Å². The van der Waals surface area contributed by atoms with E-state index >= 15 is 0 Å². The van der Waals surface area contributed by atoms with Crippen LogP contribution < -0.4 is 5.73 Å². The Labute approximate surface area is 107 Å². The highest BCUT2D eigenvalue weighted by Crippen LogP contribution is 2.42. The van der Waals surface area contributed by atoms with Gasteiger partial charge in [-0.1, -0.05) is 53.4 Å². The molecule has 1 rings (SSSR count). The number of carboxylic acid groups (broad SMARTS) is 1. The lowest BCUT2D eigenvalue weighted by Crippen LogP contribution is -2.28. The van der Waals surface area contributed by atoms with Crippen LogP contribution in [0.1, 0.15) is 72.6 Å². The van der Waals surface area contributed by atoms with Gasteiger partial charge in [-0.25, -0.2) is 0 Å². The van der Waals surface area contributed by atoms with Gasteiger partial charge in [-0.15, -0.1) is 0 Å². The molecule has 3 nitrogen and oxygen atoms in total. The summed E-state index contributed by atoms with van der Waals surface area (Å²) in [5.74, 6) is -0.655. The Balaban J connectivity index is 0. The minimum absolute atomic E-state index is 0.145. The molecular formula is C14H31NO2. The molecule has 0 spiro atoms. The highest BCUT2D eigenvalue weighted by Gasteiger charge is 2.33. The number of hydrogen-bond acceptors (Lipinski definition) is 2. The van der Waals surface area contributed by atoms with Crippen molar-refractivity contribution in [1.82, 2.24) is 0 Å². The molecule has 0 aliphatic heterocycles. The fourth-order valence-electron chi connectivity index (χ4n) is 1.68. The summed E-state index contributed by atoms with van der Waals surface area (Å²) in [5.41, 5.74) is 4.99. The van der Waals surface area contributed by atoms with Gasteiger partial charge in [-0.05, 0) is 24.8 Å². The van der Waals surface area contributed by atoms with E-state index in [1.54, 1.807) is 0 Å². The molecular weight excluding hydrogens is 214 g/mol. The van der Waals surface area contributed by atoms with E-state index in [0.29, 0.717) is 6.42 Å². The first-order valence-electron chi connectivity index (χ1n) is 6.87. The molecule has 0 saturated heterocycles. The lowest BCUT2D eigenvalue weighted by Gasteiger charge is -2.36. The van der Waals surface area contributed by atoms with Crippen LogP contribution in [-0.2, 0) is 4.79 Å². The summed E-state index contributed by atoms with van der Waals surface area (Å²) in [5, 5.41) is 8.41. The molecule has 1 fully saturated rings. The molecule has 3 N–H and O–H groups in total. The maximum atomic E-state index is 10.2. The zero-order valence-corrected chi connectivity index (χ0v) is 12.1. The molecule has 1 saturated carbocycles. The number of rotatable bonds is 4. The van der Waals surface area contributed by atoms with Crippen molar-refractivity contribution in [3.8, 4) is 0 Å². The molecule has 0 bridgehead atoms. The average Bonchev–Trinajstić information content (AvgIpc) is 2.18. The second kappa shape index (κ2) is 11.9. The van der Waals surface area contributed by atoms with E-state index in [1.165, 1.54) is 25.7 Å². The molecule has 17 heavy (non-hydrogen) atoms. The Morgan fingerprint density at radius 3 is 1.71 bits per heavy atom. The molecule has 0 aromatic rings. The van der Waals surface area contributed by atoms with Gasteiger partial charge in [0.15, 0.2) is 0 Å². The Morgan fingerprint density at radius 2 is 1.65 bits per heavy atom. The number of carbonyl (C=O) groups is 1. The van der Waals surface area contributed by atoms with E-state index in [9.17, 15) is 4.79 Å². The zero-order valence-electron chi connectivity index (χ0n) is 12.1. The Kier molecular flexibility index (Phi) is 13.2. The Bertz CT molecular complexity index is 175. The normalized spacial score (nSPS) is 15.6. The van der Waals surface area contributed by atoms with Crippen LogP contribution in [0.3, 0.4) is 0 Å². The van der Waals surface area contributed by atoms with Crippen molar-refractivity contribution in [2.45, 2.75) is 72.6 Å². The van der Waals surface area contributed by atoms with Gasteiger partial charge in [0.1, 0.15) is 0 Å². The summed E-state index contributed by atoms with van der Waals surface area (Å²) in [6.07, 6.45) is 7.84. The van der Waals surface area contributed by atoms with Gasteiger partial charge in [0.2, 0.25) is 0 Å². The van der Waals surface area contributed by atoms with Crippen LogP contribution in [0.2, 0.25) is 0 Å². The molecule has 104 valence electrons. The van der Waals surface area contributed by atoms with Crippen LogP contribution in [-0.4, -0.2) is 17.6 Å². The average molecular weight is 245 g/mol. The molecule has 3 heteroatoms. The Morgan fingerprint density at radius 1 is 1.24 bits per heavy atom. The smallest absolute Gasteiger partial charge is 0.303 e. The van der Waals surface area contributed by atoms with E-state index in [0.717, 1.165) is 19.4 Å². The highest BCUT2D eigenvalue weighted by molar-refractivity contribution is 5.67. The lowest BCUT2D eigenvalue weighted by molar-refractivity contribution is -0.140. The molecule has 0 atom stereocenters. The summed E-state index contributed by atoms with van der Waals surface area (Å²) in [7, 11) is 0. The summed E-state index contributed by atoms with van der Waals surface area (Å²) >= 11 is 0. The SMILES string of the molecule is CC1(CC(=O)O)CCC1.CCCCC.CCN. The van der Waals surface area contributed by atoms with Crippen molar-refractivity contribution < 1.29 is 9.90 Å². The Hall–Kier alpha value is -0.570. The monoisotopic (exact) mass is 245 g/mol. The van der Waals surface area contributed by atoms with Crippen molar-refractivity contribution in [2.75, 3.05) is 6.54 Å². The van der Waals surface area contributed by atoms with E-state index < -0.39 is 5.97 Å². The maximum absolute atomic E-state index is 10.2. The third-order valence-corrected chi connectivity index (χ3v) is 2.85. The van der Waals surface area contributed by atoms with Crippen molar-refractivity contribution in [1.29, 1.82) is 0 Å². The van der Waals surface area contributed by atoms with E-state index in [1.807, 2.05) is 13.8 Å². The largest absolute Gasteiger partial charge is 0.481 e. The molecule has 0 aromatic heterocycles. The molecule has 0 amide bonds. The summed E-state index contributed by atoms with van der Waals surface area (Å²) in [6.45, 7) is 9.12. The van der Waals surface area contributed by atoms with Crippen molar-refractivity contribution >= 4 is 5.97 Å². The van der Waals surface area contributed by atoms with Crippen molar-refractivity contribution in [3.63, 3.8) is 0 Å². The van der Waals surface area contributed by atoms with E-state index in [2.05, 4.69) is 13.8 Å². The summed E-state index contributed by atoms with van der Waals surface area (Å²) in [4.78, 5) is 10.2. The number of aliphatic carboxylic acids is 1. The number of carboxylic acids is 1. The number of hydrogen-bond donors (Lipinski definition) is 2. The predicted molar refractivity (Wildman–Crippen MR) is 74.1 cm³/mol. The van der Waals surface area contributed by atoms with Crippen LogP contribution in [0.5, 0.6) is 0 Å². The fourth-order valence-corrected chi connectivity index (χ4v) is 1.68. The van der Waals surface area contributed by atoms with Gasteiger partial charge in [0, 0.05) is 0 Å². The molecule has 0 heterocycles. The van der Waals surface area contributed by atoms with Crippen LogP contribution in [0.4, 0.5) is 0 Å². The molecule has 0 unspecified atom stereocenters. The number of unbranched alkanes of at least 4 members (excludes halogenated alkanes) is 2. The third kappa shape index (κ3) is 13.4. The van der Waals surface area contributed by atoms with Crippen LogP contribution >= 0.6 is 0 Å². The first-order chi connectivity index (χ1) is 7.95. The minimum atomic E-state index is -0.655. The fraction of sp³-hybridized carbons (Fsp3) is 0.929. The van der Waals surface area contributed by atoms with Gasteiger partial charge in [-0.3, -0.25) is 4.79 Å². The summed E-state index contributed by atoms with van der Waals surface area (Å²) in [6, 6.07) is 0. The van der Waals surface area contributed by atoms with Crippen LogP contribution in [0, 0.1) is 5.41 Å². The second-order valence-corrected chi connectivity index (χ2v) is 5.00. The van der Waals surface area contributed by atoms with Gasteiger partial charge >= 0.3 is 5.97 Å². The predicted octanol–water partition coefficient (Wildman–Crippen LogP) is 3.81. The first-order valence-corrected chi connectivity index (χ1v) is 6.87. The summed E-state index contributed by atoms with van der Waals surface area (Å²) < 4.78 is 0. The minimum Gasteiger partial charge on any atom is -0.481 e. The zero-order chi connectivity index (χ0) is 13.7. The molecule has 1 aliphatic rings. The van der Waals surface area contributed by atoms with Crippen molar-refractivity contribution in [3.05, 3.63) is 0 Å². The number of nitrogens with two attached hydrogens (primary N) is 1. The van der Waals surface area contributed by atoms with Gasteiger partial charge in [0.05, 0.1) is 6.42 Å².